The van der Waals surface area contributed by atoms with Crippen molar-refractivity contribution < 1.29 is 9.53 Å². The second-order valence-electron chi connectivity index (χ2n) is 4.66. The molecule has 1 rings (SSSR count). The fourth-order valence-electron chi connectivity index (χ4n) is 2.06. The Balaban J connectivity index is 1.95. The number of piperidine rings is 1. The summed E-state index contributed by atoms with van der Waals surface area (Å²) in [6.07, 6.45) is 4.79. The van der Waals surface area contributed by atoms with Crippen LogP contribution in [-0.2, 0) is 9.53 Å². The average Bonchev–Trinajstić information content (AvgIpc) is 2.39. The molecule has 0 aliphatic carbocycles. The Morgan fingerprint density at radius 1 is 1.33 bits per heavy atom. The average molecular weight is 274 g/mol. The first kappa shape index (κ1) is 15.8. The number of carbonyl (C=O) groups is 1. The molecule has 0 spiro atoms. The van der Waals surface area contributed by atoms with Crippen LogP contribution in [0.15, 0.2) is 0 Å². The van der Waals surface area contributed by atoms with Crippen molar-refractivity contribution in [1.29, 1.82) is 0 Å². The van der Waals surface area contributed by atoms with Gasteiger partial charge in [0, 0.05) is 12.3 Å². The van der Waals surface area contributed by atoms with Gasteiger partial charge in [0.25, 0.3) is 0 Å². The van der Waals surface area contributed by atoms with Crippen molar-refractivity contribution in [2.24, 2.45) is 5.73 Å². The number of hydrogen-bond acceptors (Lipinski definition) is 5. The number of likely N-dealkylation sites (tertiary alicyclic amines) is 1. The summed E-state index contributed by atoms with van der Waals surface area (Å²) in [5, 5.41) is 0. The van der Waals surface area contributed by atoms with Crippen molar-refractivity contribution in [2.45, 2.75) is 38.6 Å². The first-order valence-corrected chi connectivity index (χ1v) is 8.12. The molecule has 0 saturated carbocycles. The molecule has 4 nitrogen and oxygen atoms in total. The molecule has 1 saturated heterocycles. The number of nitrogens with zero attached hydrogens (tertiary/aromatic N) is 1. The summed E-state index contributed by atoms with van der Waals surface area (Å²) in [4.78, 5) is 13.8. The lowest BCUT2D eigenvalue weighted by atomic mass is 10.1. The van der Waals surface area contributed by atoms with Crippen LogP contribution in [0, 0.1) is 0 Å². The number of nitrogens with two attached hydrogens (primary N) is 1. The molecule has 1 atom stereocenters. The van der Waals surface area contributed by atoms with E-state index in [-0.39, 0.29) is 5.97 Å². The largest absolute Gasteiger partial charge is 0.465 e. The van der Waals surface area contributed by atoms with Crippen LogP contribution in [0.4, 0.5) is 0 Å². The highest BCUT2D eigenvalue weighted by Crippen LogP contribution is 2.11. The van der Waals surface area contributed by atoms with Gasteiger partial charge in [0.2, 0.25) is 0 Å². The topological polar surface area (TPSA) is 55.6 Å². The summed E-state index contributed by atoms with van der Waals surface area (Å²) in [5.74, 6) is 1.80. The predicted molar refractivity (Wildman–Crippen MR) is 76.8 cm³/mol. The zero-order chi connectivity index (χ0) is 13.2. The Morgan fingerprint density at radius 3 is 2.72 bits per heavy atom. The Morgan fingerprint density at radius 2 is 2.06 bits per heavy atom. The molecular weight excluding hydrogens is 248 g/mol. The summed E-state index contributed by atoms with van der Waals surface area (Å²) >= 11 is 1.88. The maximum absolute atomic E-state index is 11.3. The lowest BCUT2D eigenvalue weighted by Gasteiger charge is -2.26. The van der Waals surface area contributed by atoms with Crippen LogP contribution in [0.1, 0.15) is 32.6 Å². The van der Waals surface area contributed by atoms with Gasteiger partial charge in [0.15, 0.2) is 0 Å². The Labute approximate surface area is 115 Å². The van der Waals surface area contributed by atoms with Gasteiger partial charge in [-0.2, -0.15) is 11.8 Å². The SMILES string of the molecule is CCOC(=O)C(N)CCSCCN1CCCCC1. The van der Waals surface area contributed by atoms with E-state index in [9.17, 15) is 4.79 Å². The molecule has 1 fully saturated rings. The van der Waals surface area contributed by atoms with Crippen LogP contribution in [0.5, 0.6) is 0 Å². The smallest absolute Gasteiger partial charge is 0.322 e. The van der Waals surface area contributed by atoms with Crippen molar-refractivity contribution in [3.8, 4) is 0 Å². The third kappa shape index (κ3) is 6.61. The van der Waals surface area contributed by atoms with Crippen LogP contribution in [-0.4, -0.2) is 54.7 Å². The molecule has 0 amide bonds. The summed E-state index contributed by atoms with van der Waals surface area (Å²) in [5.41, 5.74) is 5.73. The van der Waals surface area contributed by atoms with Crippen LogP contribution >= 0.6 is 11.8 Å². The van der Waals surface area contributed by atoms with Gasteiger partial charge in [-0.15, -0.1) is 0 Å². The standard InChI is InChI=1S/C13H26N2O2S/c1-2-17-13(16)12(14)6-10-18-11-9-15-7-4-3-5-8-15/h12H,2-11,14H2,1H3. The number of carbonyl (C=O) groups excluding carboxylic acids is 1. The molecule has 1 aliphatic heterocycles. The van der Waals surface area contributed by atoms with E-state index >= 15 is 0 Å². The molecule has 1 unspecified atom stereocenters. The van der Waals surface area contributed by atoms with Gasteiger partial charge in [-0.05, 0) is 45.0 Å². The molecule has 0 aromatic rings. The van der Waals surface area contributed by atoms with Crippen molar-refractivity contribution in [1.82, 2.24) is 4.90 Å². The minimum Gasteiger partial charge on any atom is -0.465 e. The number of rotatable bonds is 8. The molecule has 1 aliphatic rings. The predicted octanol–water partition coefficient (Wildman–Crippen LogP) is 1.49. The van der Waals surface area contributed by atoms with Gasteiger partial charge in [0.1, 0.15) is 6.04 Å². The van der Waals surface area contributed by atoms with E-state index in [0.717, 1.165) is 11.5 Å². The summed E-state index contributed by atoms with van der Waals surface area (Å²) in [6.45, 7) is 5.89. The maximum atomic E-state index is 11.3. The highest BCUT2D eigenvalue weighted by Gasteiger charge is 2.14. The molecule has 0 bridgehead atoms. The van der Waals surface area contributed by atoms with Gasteiger partial charge in [-0.25, -0.2) is 0 Å². The fraction of sp³-hybridized carbons (Fsp3) is 0.923. The second-order valence-corrected chi connectivity index (χ2v) is 5.89. The Hall–Kier alpha value is -0.260. The zero-order valence-corrected chi connectivity index (χ0v) is 12.2. The number of hydrogen-bond donors (Lipinski definition) is 1. The van der Waals surface area contributed by atoms with E-state index in [1.807, 2.05) is 11.8 Å². The van der Waals surface area contributed by atoms with Gasteiger partial charge >= 0.3 is 5.97 Å². The molecule has 0 radical (unpaired) electrons. The summed E-state index contributed by atoms with van der Waals surface area (Å²) in [7, 11) is 0. The summed E-state index contributed by atoms with van der Waals surface area (Å²) in [6, 6.07) is -0.451. The van der Waals surface area contributed by atoms with E-state index in [4.69, 9.17) is 10.5 Å². The minimum absolute atomic E-state index is 0.269. The highest BCUT2D eigenvalue weighted by atomic mass is 32.2. The molecule has 0 aromatic carbocycles. The van der Waals surface area contributed by atoms with Gasteiger partial charge in [0.05, 0.1) is 6.61 Å². The van der Waals surface area contributed by atoms with Crippen LogP contribution in [0.2, 0.25) is 0 Å². The minimum atomic E-state index is -0.451. The van der Waals surface area contributed by atoms with Crippen molar-refractivity contribution in [2.75, 3.05) is 37.7 Å². The maximum Gasteiger partial charge on any atom is 0.322 e. The second kappa shape index (κ2) is 9.64. The van der Waals surface area contributed by atoms with Crippen LogP contribution in [0.3, 0.4) is 0 Å². The molecule has 1 heterocycles. The molecule has 5 heteroatoms. The van der Waals surface area contributed by atoms with Gasteiger partial charge in [-0.3, -0.25) is 4.79 Å². The van der Waals surface area contributed by atoms with Crippen LogP contribution < -0.4 is 5.73 Å². The fourth-order valence-corrected chi connectivity index (χ4v) is 3.07. The molecule has 18 heavy (non-hydrogen) atoms. The summed E-state index contributed by atoms with van der Waals surface area (Å²) < 4.78 is 4.87. The normalized spacial score (nSPS) is 18.6. The Kier molecular flexibility index (Phi) is 8.46. The van der Waals surface area contributed by atoms with E-state index in [1.54, 1.807) is 6.92 Å². The monoisotopic (exact) mass is 274 g/mol. The third-order valence-corrected chi connectivity index (χ3v) is 4.16. The number of esters is 1. The molecule has 0 aromatic heterocycles. The van der Waals surface area contributed by atoms with Crippen molar-refractivity contribution >= 4 is 17.7 Å². The van der Waals surface area contributed by atoms with E-state index in [2.05, 4.69) is 4.90 Å². The van der Waals surface area contributed by atoms with Crippen molar-refractivity contribution in [3.05, 3.63) is 0 Å². The number of ether oxygens (including phenoxy) is 1. The zero-order valence-electron chi connectivity index (χ0n) is 11.4. The number of thioether (sulfide) groups is 1. The van der Waals surface area contributed by atoms with E-state index in [0.29, 0.717) is 13.0 Å². The lowest BCUT2D eigenvalue weighted by Crippen LogP contribution is -2.33. The van der Waals surface area contributed by atoms with E-state index in [1.165, 1.54) is 38.9 Å². The molecule has 106 valence electrons. The van der Waals surface area contributed by atoms with Crippen molar-refractivity contribution in [3.63, 3.8) is 0 Å². The highest BCUT2D eigenvalue weighted by molar-refractivity contribution is 7.99. The molecule has 2 N–H and O–H groups in total. The Bertz CT molecular complexity index is 233. The van der Waals surface area contributed by atoms with E-state index < -0.39 is 6.04 Å². The van der Waals surface area contributed by atoms with Crippen LogP contribution in [0.25, 0.3) is 0 Å². The van der Waals surface area contributed by atoms with Gasteiger partial charge < -0.3 is 15.4 Å². The lowest BCUT2D eigenvalue weighted by molar-refractivity contribution is -0.144. The first-order chi connectivity index (χ1) is 8.74. The van der Waals surface area contributed by atoms with Gasteiger partial charge in [-0.1, -0.05) is 6.42 Å². The first-order valence-electron chi connectivity index (χ1n) is 6.96. The molecular formula is C13H26N2O2S. The third-order valence-electron chi connectivity index (χ3n) is 3.16. The quantitative estimate of drug-likeness (QED) is 0.537.